The lowest BCUT2D eigenvalue weighted by atomic mass is 9.91. The maximum absolute atomic E-state index is 15.7. The molecule has 8 heterocycles. The first kappa shape index (κ1) is 51.9. The molecule has 2 fully saturated rings. The van der Waals surface area contributed by atoms with E-state index in [1.54, 1.807) is 43.2 Å². The molecule has 3 aliphatic rings. The number of nitrogens with zero attached hydrogens (tertiary/aromatic N) is 7. The molecule has 4 unspecified atom stereocenters. The lowest BCUT2D eigenvalue weighted by molar-refractivity contribution is -0.143. The summed E-state index contributed by atoms with van der Waals surface area (Å²) in [6.07, 6.45) is 4.78. The van der Waals surface area contributed by atoms with Gasteiger partial charge in [-0.2, -0.15) is 5.48 Å². The summed E-state index contributed by atoms with van der Waals surface area (Å²) in [4.78, 5) is 78.2. The second-order valence-electron chi connectivity index (χ2n) is 19.8. The number of rotatable bonds is 16. The minimum absolute atomic E-state index is 0.00902. The van der Waals surface area contributed by atoms with Gasteiger partial charge in [-0.05, 0) is 77.5 Å². The Morgan fingerprint density at radius 3 is 2.58 bits per heavy atom. The van der Waals surface area contributed by atoms with Crippen molar-refractivity contribution in [2.24, 2.45) is 13.0 Å². The van der Waals surface area contributed by atoms with Crippen LogP contribution < -0.4 is 30.8 Å². The zero-order valence-corrected chi connectivity index (χ0v) is 43.6. The number of aromatic amines is 1. The topological polar surface area (TPSA) is 247 Å². The van der Waals surface area contributed by atoms with E-state index < -0.39 is 63.0 Å². The highest BCUT2D eigenvalue weighted by Crippen LogP contribution is 2.45. The molecule has 20 nitrogen and oxygen atoms in total. The minimum atomic E-state index is -3.72. The van der Waals surface area contributed by atoms with Gasteiger partial charge in [-0.25, -0.2) is 27.2 Å². The molecule has 2 saturated heterocycles. The summed E-state index contributed by atoms with van der Waals surface area (Å²) in [6, 6.07) is 11.1. The zero-order chi connectivity index (χ0) is 53.7. The number of hydrogen-bond acceptors (Lipinski definition) is 16. The Balaban J connectivity index is 0.789. The van der Waals surface area contributed by atoms with Crippen molar-refractivity contribution < 1.29 is 50.8 Å². The Labute approximate surface area is 438 Å². The number of carbonyl (C=O) groups is 3. The fourth-order valence-electron chi connectivity index (χ4n) is 10.3. The molecule has 7 aromatic rings. The Hall–Kier alpha value is -7.54. The van der Waals surface area contributed by atoms with Crippen LogP contribution in [0.1, 0.15) is 65.5 Å². The van der Waals surface area contributed by atoms with Gasteiger partial charge in [0.15, 0.2) is 33.0 Å². The van der Waals surface area contributed by atoms with Gasteiger partial charge in [0, 0.05) is 98.5 Å². The standard InChI is InChI=1S/C52H54F2N10O10S2/c1-27(2)44(51(68)64-23-34(65)16-41(64)50(67)60-73-35-8-6-29(7-9-35)47-28(3)57-26-75-47)42-18-43(59-74-42)72-13-12-62-11-10-33(22-62)58-49(66)36-17-40-37(14-30(36)25-76(5,70)71)38-24-61(4)52(69)46-45(38)31(19-55-46)21-63(40)48-39(54)15-32(53)20-56-48/h6-9,14-15,17-20,24,26-27,33-34,41,44,55,65H,10-13,16,21-23,25H2,1-5H3,(H,58,66)(H,60,67). The maximum atomic E-state index is 15.7. The van der Waals surface area contributed by atoms with Crippen LogP contribution in [0, 0.1) is 24.5 Å². The number of carbonyl (C=O) groups excluding carboxylic acids is 3. The SMILES string of the molecule is Cc1ncsc1-c1ccc(ONC(=O)C2CC(O)CN2C(=O)C(c2cc(OCCN3CCC(NC(=O)c4cc5c(cc4CS(C)(=O)=O)-c4cn(C)c(=O)c6[nH]cc(c46)CN5c4ncc(F)cc4F)C3)no2)C(C)C)cc1. The van der Waals surface area contributed by atoms with E-state index >= 15 is 4.39 Å². The molecule has 76 heavy (non-hydrogen) atoms. The van der Waals surface area contributed by atoms with Crippen LogP contribution in [0.5, 0.6) is 11.6 Å². The fourth-order valence-corrected chi connectivity index (χ4v) is 11.9. The van der Waals surface area contributed by atoms with Crippen LogP contribution in [0.25, 0.3) is 32.5 Å². The van der Waals surface area contributed by atoms with E-state index in [9.17, 15) is 37.1 Å². The summed E-state index contributed by atoms with van der Waals surface area (Å²) >= 11 is 1.52. The first-order chi connectivity index (χ1) is 36.3. The molecule has 3 aliphatic heterocycles. The van der Waals surface area contributed by atoms with Gasteiger partial charge in [0.05, 0.1) is 46.4 Å². The van der Waals surface area contributed by atoms with E-state index in [1.807, 2.05) is 32.9 Å². The maximum Gasteiger partial charge on any atom is 0.275 e. The van der Waals surface area contributed by atoms with Crippen molar-refractivity contribution in [2.45, 2.75) is 70.0 Å². The van der Waals surface area contributed by atoms with Crippen molar-refractivity contribution in [2.75, 3.05) is 43.9 Å². The van der Waals surface area contributed by atoms with Crippen molar-refractivity contribution >= 4 is 61.3 Å². The zero-order valence-electron chi connectivity index (χ0n) is 42.0. The number of nitrogens with one attached hydrogen (secondary N) is 3. The molecule has 2 aromatic carbocycles. The van der Waals surface area contributed by atoms with Gasteiger partial charge in [-0.3, -0.25) is 24.1 Å². The van der Waals surface area contributed by atoms with E-state index in [-0.39, 0.29) is 83.4 Å². The van der Waals surface area contributed by atoms with E-state index in [4.69, 9.17) is 14.1 Å². The Morgan fingerprint density at radius 1 is 1.07 bits per heavy atom. The number of pyridine rings is 2. The molecule has 4 atom stereocenters. The van der Waals surface area contributed by atoms with Crippen LogP contribution in [0.2, 0.25) is 0 Å². The third-order valence-corrected chi connectivity index (χ3v) is 15.7. The highest BCUT2D eigenvalue weighted by Gasteiger charge is 2.44. The smallest absolute Gasteiger partial charge is 0.275 e. The number of amides is 3. The molecule has 0 aliphatic carbocycles. The second-order valence-corrected chi connectivity index (χ2v) is 22.8. The predicted octanol–water partition coefficient (Wildman–Crippen LogP) is 5.52. The summed E-state index contributed by atoms with van der Waals surface area (Å²) in [5.41, 5.74) is 8.06. The number of anilines is 2. The number of aryl methyl sites for hydroxylation is 2. The van der Waals surface area contributed by atoms with Crippen LogP contribution in [-0.2, 0) is 38.8 Å². The van der Waals surface area contributed by atoms with Gasteiger partial charge < -0.3 is 43.9 Å². The van der Waals surface area contributed by atoms with Crippen LogP contribution in [0.4, 0.5) is 20.3 Å². The number of benzene rings is 2. The molecular formula is C52H54F2N10O10S2. The molecule has 24 heteroatoms. The first-order valence-electron chi connectivity index (χ1n) is 24.5. The number of aliphatic hydroxyl groups is 1. The normalized spacial score (nSPS) is 18.0. The quantitative estimate of drug-likeness (QED) is 0.0871. The van der Waals surface area contributed by atoms with Crippen LogP contribution in [0.15, 0.2) is 81.9 Å². The molecule has 0 saturated carbocycles. The monoisotopic (exact) mass is 1080 g/mol. The fraction of sp³-hybridized carbons (Fsp3) is 0.365. The number of ether oxygens (including phenoxy) is 1. The molecule has 0 radical (unpaired) electrons. The number of β-amino-alcohol motifs (C(OH)–C–C–N with tert-alkyl or cyclic N) is 1. The third kappa shape index (κ3) is 10.5. The first-order valence-corrected chi connectivity index (χ1v) is 27.5. The molecular weight excluding hydrogens is 1030 g/mol. The van der Waals surface area contributed by atoms with E-state index in [0.717, 1.165) is 28.6 Å². The molecule has 10 rings (SSSR count). The third-order valence-electron chi connectivity index (χ3n) is 13.9. The largest absolute Gasteiger partial charge is 0.474 e. The van der Waals surface area contributed by atoms with E-state index in [0.29, 0.717) is 59.9 Å². The second kappa shape index (κ2) is 20.9. The molecule has 0 bridgehead atoms. The van der Waals surface area contributed by atoms with Crippen molar-refractivity contribution in [3.8, 4) is 33.2 Å². The Kier molecular flexibility index (Phi) is 14.3. The lowest BCUT2D eigenvalue weighted by Crippen LogP contribution is -2.48. The van der Waals surface area contributed by atoms with Crippen molar-refractivity contribution in [3.63, 3.8) is 0 Å². The predicted molar refractivity (Wildman–Crippen MR) is 277 cm³/mol. The number of thiazole rings is 1. The summed E-state index contributed by atoms with van der Waals surface area (Å²) < 4.78 is 68.7. The summed E-state index contributed by atoms with van der Waals surface area (Å²) in [6.45, 7) is 7.06. The van der Waals surface area contributed by atoms with Gasteiger partial charge in [0.2, 0.25) is 5.91 Å². The van der Waals surface area contributed by atoms with E-state index in [1.165, 1.54) is 37.8 Å². The number of hydrogen-bond donors (Lipinski definition) is 4. The van der Waals surface area contributed by atoms with Crippen LogP contribution in [0.3, 0.4) is 0 Å². The van der Waals surface area contributed by atoms with E-state index in [2.05, 4.69) is 35.8 Å². The van der Waals surface area contributed by atoms with Gasteiger partial charge >= 0.3 is 0 Å². The number of halogens is 2. The van der Waals surface area contributed by atoms with Crippen molar-refractivity contribution in [1.82, 2.24) is 45.3 Å². The molecule has 398 valence electrons. The number of sulfone groups is 1. The average molecular weight is 1080 g/mol. The summed E-state index contributed by atoms with van der Waals surface area (Å²) in [5.74, 6) is -4.64. The molecule has 0 spiro atoms. The van der Waals surface area contributed by atoms with Crippen molar-refractivity contribution in [1.29, 1.82) is 0 Å². The highest BCUT2D eigenvalue weighted by molar-refractivity contribution is 7.89. The van der Waals surface area contributed by atoms with Gasteiger partial charge in [0.25, 0.3) is 23.3 Å². The molecule has 5 aromatic heterocycles. The number of aromatic nitrogens is 5. The number of hydroxylamine groups is 1. The Morgan fingerprint density at radius 2 is 1.86 bits per heavy atom. The Bertz CT molecular complexity index is 3560. The summed E-state index contributed by atoms with van der Waals surface area (Å²) in [5, 5.41) is 18.3. The highest BCUT2D eigenvalue weighted by atomic mass is 32.2. The van der Waals surface area contributed by atoms with Crippen LogP contribution >= 0.6 is 11.3 Å². The minimum Gasteiger partial charge on any atom is -0.474 e. The van der Waals surface area contributed by atoms with Gasteiger partial charge in [-0.1, -0.05) is 13.8 Å². The molecule has 4 N–H and O–H groups in total. The average Bonchev–Trinajstić information content (AvgIpc) is 4.24. The van der Waals surface area contributed by atoms with Gasteiger partial charge in [0.1, 0.15) is 29.9 Å². The van der Waals surface area contributed by atoms with Crippen molar-refractivity contribution in [3.05, 3.63) is 123 Å². The molecule has 3 amide bonds. The van der Waals surface area contributed by atoms with Gasteiger partial charge in [-0.15, -0.1) is 11.3 Å². The van der Waals surface area contributed by atoms with Crippen LogP contribution in [-0.4, -0.2) is 123 Å². The number of fused-ring (bicyclic) bond motifs is 2. The lowest BCUT2D eigenvalue weighted by Gasteiger charge is -2.28. The number of likely N-dealkylation sites (tertiary alicyclic amines) is 2. The number of aliphatic hydroxyl groups excluding tert-OH is 1. The number of H-pyrrole nitrogens is 1. The summed E-state index contributed by atoms with van der Waals surface area (Å²) in [7, 11) is -2.15.